The quantitative estimate of drug-likeness (QED) is 0.796. The number of anilines is 1. The van der Waals surface area contributed by atoms with Crippen LogP contribution in [0.1, 0.15) is 31.0 Å². The van der Waals surface area contributed by atoms with Gasteiger partial charge in [-0.2, -0.15) is 5.10 Å². The lowest BCUT2D eigenvalue weighted by atomic mass is 10.0. The van der Waals surface area contributed by atoms with Gasteiger partial charge in [0.2, 0.25) is 5.95 Å². The number of benzene rings is 1. The molecule has 5 heteroatoms. The van der Waals surface area contributed by atoms with Gasteiger partial charge in [-0.15, -0.1) is 0 Å². The first-order valence-corrected chi connectivity index (χ1v) is 9.06. The molecule has 126 valence electrons. The summed E-state index contributed by atoms with van der Waals surface area (Å²) in [4.78, 5) is 12.2. The van der Waals surface area contributed by atoms with Gasteiger partial charge in [0.25, 0.3) is 0 Å². The Morgan fingerprint density at radius 1 is 1.12 bits per heavy atom. The lowest BCUT2D eigenvalue weighted by Crippen LogP contribution is -2.46. The molecule has 0 spiro atoms. The van der Waals surface area contributed by atoms with Crippen molar-refractivity contribution in [2.24, 2.45) is 0 Å². The summed E-state index contributed by atoms with van der Waals surface area (Å²) in [6.45, 7) is 3.31. The Labute approximate surface area is 147 Å². The molecule has 1 aliphatic heterocycles. The molecule has 1 atom stereocenters. The van der Waals surface area contributed by atoms with Crippen LogP contribution in [0, 0.1) is 0 Å². The first-order chi connectivity index (χ1) is 12.3. The second kappa shape index (κ2) is 5.69. The number of aryl methyl sites for hydroxylation is 1. The van der Waals surface area contributed by atoms with Gasteiger partial charge in [-0.1, -0.05) is 18.2 Å². The van der Waals surface area contributed by atoms with Crippen molar-refractivity contribution in [3.05, 3.63) is 47.8 Å². The molecule has 0 saturated carbocycles. The van der Waals surface area contributed by atoms with Gasteiger partial charge < -0.3 is 4.90 Å². The van der Waals surface area contributed by atoms with Gasteiger partial charge in [-0.25, -0.2) is 9.97 Å². The van der Waals surface area contributed by atoms with E-state index in [1.165, 1.54) is 29.7 Å². The number of hydrogen-bond acceptors (Lipinski definition) is 4. The number of hydrogen-bond donors (Lipinski definition) is 1. The van der Waals surface area contributed by atoms with Crippen molar-refractivity contribution < 1.29 is 0 Å². The molecule has 1 saturated heterocycles. The van der Waals surface area contributed by atoms with E-state index in [4.69, 9.17) is 9.97 Å². The Morgan fingerprint density at radius 2 is 2.04 bits per heavy atom. The number of nitrogens with one attached hydrogen (secondary N) is 1. The molecule has 3 heterocycles. The molecule has 2 aromatic heterocycles. The summed E-state index contributed by atoms with van der Waals surface area (Å²) in [7, 11) is 0. The first kappa shape index (κ1) is 14.6. The van der Waals surface area contributed by atoms with Gasteiger partial charge in [-0.3, -0.25) is 5.10 Å². The van der Waals surface area contributed by atoms with Crippen LogP contribution in [0.15, 0.2) is 36.5 Å². The van der Waals surface area contributed by atoms with Crippen LogP contribution in [0.25, 0.3) is 22.5 Å². The lowest BCUT2D eigenvalue weighted by molar-refractivity contribution is 0.470. The summed E-state index contributed by atoms with van der Waals surface area (Å²) >= 11 is 0. The number of fused-ring (bicyclic) bond motifs is 1. The molecule has 1 aromatic carbocycles. The van der Waals surface area contributed by atoms with E-state index in [1.54, 1.807) is 6.20 Å². The van der Waals surface area contributed by atoms with Crippen LogP contribution in [-0.4, -0.2) is 32.8 Å². The predicted octanol–water partition coefficient (Wildman–Crippen LogP) is 3.62. The zero-order valence-electron chi connectivity index (χ0n) is 14.4. The van der Waals surface area contributed by atoms with E-state index in [-0.39, 0.29) is 0 Å². The van der Waals surface area contributed by atoms with E-state index >= 15 is 0 Å². The van der Waals surface area contributed by atoms with E-state index < -0.39 is 0 Å². The van der Waals surface area contributed by atoms with Crippen LogP contribution in [0.3, 0.4) is 0 Å². The van der Waals surface area contributed by atoms with Crippen molar-refractivity contribution in [1.29, 1.82) is 0 Å². The highest BCUT2D eigenvalue weighted by atomic mass is 15.3. The van der Waals surface area contributed by atoms with E-state index in [0.29, 0.717) is 6.04 Å². The third kappa shape index (κ3) is 2.42. The zero-order chi connectivity index (χ0) is 16.8. The molecular weight excluding hydrogens is 310 g/mol. The fourth-order valence-electron chi connectivity index (χ4n) is 3.85. The maximum atomic E-state index is 5.00. The molecule has 0 amide bonds. The van der Waals surface area contributed by atoms with E-state index in [2.05, 4.69) is 46.3 Å². The van der Waals surface area contributed by atoms with Crippen LogP contribution in [0.5, 0.6) is 0 Å². The summed E-state index contributed by atoms with van der Waals surface area (Å²) in [5, 5.41) is 7.11. The summed E-state index contributed by atoms with van der Waals surface area (Å²) in [6.07, 6.45) is 6.34. The van der Waals surface area contributed by atoms with E-state index in [9.17, 15) is 0 Å². The van der Waals surface area contributed by atoms with Crippen molar-refractivity contribution in [2.75, 3.05) is 11.4 Å². The second-order valence-electron chi connectivity index (χ2n) is 7.03. The highest BCUT2D eigenvalue weighted by molar-refractivity contribution is 5.72. The molecule has 5 nitrogen and oxygen atoms in total. The van der Waals surface area contributed by atoms with Crippen LogP contribution in [0.2, 0.25) is 0 Å². The normalized spacial score (nSPS) is 18.9. The van der Waals surface area contributed by atoms with Crippen molar-refractivity contribution in [3.63, 3.8) is 0 Å². The van der Waals surface area contributed by atoms with Crippen molar-refractivity contribution in [3.8, 4) is 22.5 Å². The number of rotatable bonds is 3. The first-order valence-electron chi connectivity index (χ1n) is 9.06. The molecule has 1 aliphatic carbocycles. The maximum absolute atomic E-state index is 5.00. The molecule has 1 unspecified atom stereocenters. The van der Waals surface area contributed by atoms with Crippen LogP contribution >= 0.6 is 0 Å². The third-order valence-electron chi connectivity index (χ3n) is 5.45. The molecule has 1 N–H and O–H groups in total. The Balaban J connectivity index is 1.63. The molecule has 25 heavy (non-hydrogen) atoms. The van der Waals surface area contributed by atoms with Gasteiger partial charge in [0, 0.05) is 41.2 Å². The van der Waals surface area contributed by atoms with Gasteiger partial charge >= 0.3 is 0 Å². The molecule has 0 radical (unpaired) electrons. The Morgan fingerprint density at radius 3 is 2.80 bits per heavy atom. The predicted molar refractivity (Wildman–Crippen MR) is 98.5 cm³/mol. The van der Waals surface area contributed by atoms with Crippen molar-refractivity contribution in [1.82, 2.24) is 20.2 Å². The Kier molecular flexibility index (Phi) is 3.33. The van der Waals surface area contributed by atoms with Crippen LogP contribution in [-0.2, 0) is 12.8 Å². The van der Waals surface area contributed by atoms with Crippen LogP contribution in [0.4, 0.5) is 5.95 Å². The standard InChI is InChI=1S/C20H21N5/c1-13-9-11-25(13)20-22-18-7-3-6-16(18)19(23-20)15-5-2-4-14(12-15)17-8-10-21-24-17/h2,4-5,8,10,12-13H,3,6-7,9,11H2,1H3,(H,21,24). The number of nitrogens with zero attached hydrogens (tertiary/aromatic N) is 4. The monoisotopic (exact) mass is 331 g/mol. The second-order valence-corrected chi connectivity index (χ2v) is 7.03. The fraction of sp³-hybridized carbons (Fsp3) is 0.350. The molecule has 1 fully saturated rings. The SMILES string of the molecule is CC1CCN1c1nc2c(c(-c3cccc(-c4ccn[nH]4)c3)n1)CCC2. The highest BCUT2D eigenvalue weighted by Gasteiger charge is 2.29. The molecular formula is C20H21N5. The minimum Gasteiger partial charge on any atom is -0.338 e. The molecule has 5 rings (SSSR count). The highest BCUT2D eigenvalue weighted by Crippen LogP contribution is 2.35. The van der Waals surface area contributed by atoms with Crippen LogP contribution < -0.4 is 4.90 Å². The molecule has 0 bridgehead atoms. The van der Waals surface area contributed by atoms with Crippen molar-refractivity contribution >= 4 is 5.95 Å². The number of H-pyrrole nitrogens is 1. The fourth-order valence-corrected chi connectivity index (χ4v) is 3.85. The number of aromatic amines is 1. The van der Waals surface area contributed by atoms with E-state index in [0.717, 1.165) is 42.3 Å². The topological polar surface area (TPSA) is 57.7 Å². The summed E-state index contributed by atoms with van der Waals surface area (Å²) in [5.74, 6) is 0.904. The van der Waals surface area contributed by atoms with Gasteiger partial charge in [-0.05, 0) is 44.7 Å². The average Bonchev–Trinajstić information content (AvgIpc) is 3.31. The van der Waals surface area contributed by atoms with E-state index in [1.807, 2.05) is 6.07 Å². The third-order valence-corrected chi connectivity index (χ3v) is 5.45. The van der Waals surface area contributed by atoms with Gasteiger partial charge in [0.1, 0.15) is 0 Å². The number of aromatic nitrogens is 4. The summed E-state index contributed by atoms with van der Waals surface area (Å²) in [5.41, 5.74) is 7.02. The molecule has 2 aliphatic rings. The van der Waals surface area contributed by atoms with Crippen molar-refractivity contribution in [2.45, 2.75) is 38.6 Å². The average molecular weight is 331 g/mol. The Bertz CT molecular complexity index is 916. The maximum Gasteiger partial charge on any atom is 0.226 e. The van der Waals surface area contributed by atoms with Gasteiger partial charge in [0.05, 0.1) is 11.4 Å². The minimum absolute atomic E-state index is 0.545. The smallest absolute Gasteiger partial charge is 0.226 e. The summed E-state index contributed by atoms with van der Waals surface area (Å²) < 4.78 is 0. The Hall–Kier alpha value is -2.69. The largest absolute Gasteiger partial charge is 0.338 e. The molecule has 3 aromatic rings. The summed E-state index contributed by atoms with van der Waals surface area (Å²) in [6, 6.07) is 11.1. The van der Waals surface area contributed by atoms with Gasteiger partial charge in [0.15, 0.2) is 0 Å². The minimum atomic E-state index is 0.545. The lowest BCUT2D eigenvalue weighted by Gasteiger charge is -2.39. The zero-order valence-corrected chi connectivity index (χ0v) is 14.4.